The van der Waals surface area contributed by atoms with Crippen molar-refractivity contribution in [2.75, 3.05) is 0 Å². The fourth-order valence-electron chi connectivity index (χ4n) is 2.43. The van der Waals surface area contributed by atoms with Crippen LogP contribution in [0.15, 0.2) is 23.7 Å². The Morgan fingerprint density at radius 2 is 1.79 bits per heavy atom. The van der Waals surface area contributed by atoms with Crippen LogP contribution in [-0.2, 0) is 0 Å². The Morgan fingerprint density at radius 3 is 2.21 bits per heavy atom. The summed E-state index contributed by atoms with van der Waals surface area (Å²) in [7, 11) is -1.04. The largest absolute Gasteiger partial charge is 0.170 e. The van der Waals surface area contributed by atoms with E-state index >= 15 is 0 Å². The molecule has 1 aliphatic carbocycles. The molecule has 14 heavy (non-hydrogen) atoms. The van der Waals surface area contributed by atoms with Crippen LogP contribution in [0.1, 0.15) is 13.8 Å². The molecular formula is C12H23BSi. The van der Waals surface area contributed by atoms with Crippen molar-refractivity contribution in [1.82, 2.24) is 0 Å². The molecule has 1 aliphatic rings. The highest BCUT2D eigenvalue weighted by molar-refractivity contribution is 6.82. The minimum atomic E-state index is -1.04. The molecule has 0 saturated heterocycles. The van der Waals surface area contributed by atoms with Crippen molar-refractivity contribution in [3.05, 3.63) is 23.7 Å². The van der Waals surface area contributed by atoms with Crippen molar-refractivity contribution in [3.8, 4) is 0 Å². The standard InChI is InChI=1S/C12H23BSi/c1-6-13(7-2)11-9-8-10-12(11)14(3,4)5/h8-10,12H,6-7H2,1-5H3. The molecule has 0 fully saturated rings. The number of hydrogen-bond acceptors (Lipinski definition) is 0. The molecule has 0 aliphatic heterocycles. The van der Waals surface area contributed by atoms with Crippen LogP contribution in [0.5, 0.6) is 0 Å². The van der Waals surface area contributed by atoms with Crippen LogP contribution in [0.2, 0.25) is 37.8 Å². The molecule has 78 valence electrons. The lowest BCUT2D eigenvalue weighted by molar-refractivity contribution is 1.21. The SMILES string of the molecule is CCB(CC)C1=CC=CC1[Si](C)(C)C. The van der Waals surface area contributed by atoms with E-state index in [4.69, 9.17) is 0 Å². The number of hydrogen-bond donors (Lipinski definition) is 0. The first kappa shape index (κ1) is 11.8. The van der Waals surface area contributed by atoms with E-state index in [1.54, 1.807) is 5.47 Å². The smallest absolute Gasteiger partial charge is 0.0971 e. The molecule has 0 radical (unpaired) electrons. The fraction of sp³-hybridized carbons (Fsp3) is 0.667. The predicted molar refractivity (Wildman–Crippen MR) is 71.0 cm³/mol. The van der Waals surface area contributed by atoms with Gasteiger partial charge in [0.05, 0.1) is 8.07 Å². The van der Waals surface area contributed by atoms with E-state index < -0.39 is 8.07 Å². The molecule has 0 aromatic heterocycles. The van der Waals surface area contributed by atoms with Gasteiger partial charge in [-0.2, -0.15) is 0 Å². The third kappa shape index (κ3) is 2.41. The zero-order valence-electron chi connectivity index (χ0n) is 10.3. The van der Waals surface area contributed by atoms with Crippen LogP contribution >= 0.6 is 0 Å². The Balaban J connectivity index is 2.81. The molecule has 0 N–H and O–H groups in total. The van der Waals surface area contributed by atoms with Crippen LogP contribution in [0, 0.1) is 0 Å². The summed E-state index contributed by atoms with van der Waals surface area (Å²) in [5.41, 5.74) is 2.52. The summed E-state index contributed by atoms with van der Waals surface area (Å²) in [6, 6.07) is 0. The maximum absolute atomic E-state index is 2.48. The number of allylic oxidation sites excluding steroid dienone is 4. The van der Waals surface area contributed by atoms with Gasteiger partial charge < -0.3 is 0 Å². The Kier molecular flexibility index (Phi) is 3.82. The third-order valence-electron chi connectivity index (χ3n) is 3.34. The van der Waals surface area contributed by atoms with Gasteiger partial charge >= 0.3 is 0 Å². The van der Waals surface area contributed by atoms with Gasteiger partial charge in [0.15, 0.2) is 6.71 Å². The van der Waals surface area contributed by atoms with Crippen molar-refractivity contribution in [1.29, 1.82) is 0 Å². The van der Waals surface area contributed by atoms with Gasteiger partial charge in [0, 0.05) is 0 Å². The van der Waals surface area contributed by atoms with E-state index in [0.29, 0.717) is 0 Å². The minimum Gasteiger partial charge on any atom is -0.0971 e. The zero-order valence-corrected chi connectivity index (χ0v) is 11.3. The highest BCUT2D eigenvalue weighted by atomic mass is 28.3. The van der Waals surface area contributed by atoms with Crippen LogP contribution in [-0.4, -0.2) is 14.8 Å². The summed E-state index contributed by atoms with van der Waals surface area (Å²) in [6.07, 6.45) is 9.67. The molecule has 0 bridgehead atoms. The molecular weight excluding hydrogens is 183 g/mol. The molecule has 0 saturated carbocycles. The van der Waals surface area contributed by atoms with Crippen LogP contribution in [0.3, 0.4) is 0 Å². The van der Waals surface area contributed by atoms with Gasteiger partial charge in [0.1, 0.15) is 0 Å². The van der Waals surface area contributed by atoms with Crippen molar-refractivity contribution >= 4 is 14.8 Å². The second-order valence-electron chi connectivity index (χ2n) is 5.41. The maximum atomic E-state index is 2.48. The highest BCUT2D eigenvalue weighted by Gasteiger charge is 2.32. The molecule has 0 amide bonds. The Labute approximate surface area is 90.6 Å². The average molecular weight is 206 g/mol. The fourth-order valence-corrected chi connectivity index (χ4v) is 4.45. The van der Waals surface area contributed by atoms with Crippen molar-refractivity contribution in [3.63, 3.8) is 0 Å². The first-order valence-corrected chi connectivity index (χ1v) is 9.46. The second-order valence-corrected chi connectivity index (χ2v) is 10.8. The van der Waals surface area contributed by atoms with Gasteiger partial charge in [0.2, 0.25) is 0 Å². The van der Waals surface area contributed by atoms with Crippen molar-refractivity contribution in [2.45, 2.75) is 51.7 Å². The summed E-state index contributed by atoms with van der Waals surface area (Å²) < 4.78 is 0. The molecule has 0 nitrogen and oxygen atoms in total. The third-order valence-corrected chi connectivity index (χ3v) is 5.73. The topological polar surface area (TPSA) is 0 Å². The first-order chi connectivity index (χ1) is 6.50. The van der Waals surface area contributed by atoms with Crippen LogP contribution in [0.25, 0.3) is 0 Å². The highest BCUT2D eigenvalue weighted by Crippen LogP contribution is 2.37. The lowest BCUT2D eigenvalue weighted by Crippen LogP contribution is -2.31. The molecule has 0 spiro atoms. The van der Waals surface area contributed by atoms with Crippen LogP contribution < -0.4 is 0 Å². The summed E-state index contributed by atoms with van der Waals surface area (Å²) in [4.78, 5) is 0. The molecule has 0 aromatic rings. The normalized spacial score (nSPS) is 21.2. The quantitative estimate of drug-likeness (QED) is 0.603. The van der Waals surface area contributed by atoms with Gasteiger partial charge in [-0.05, 0) is 5.54 Å². The van der Waals surface area contributed by atoms with E-state index in [1.165, 1.54) is 12.6 Å². The maximum Gasteiger partial charge on any atom is 0.170 e. The Morgan fingerprint density at radius 1 is 1.21 bits per heavy atom. The van der Waals surface area contributed by atoms with E-state index in [9.17, 15) is 0 Å². The lowest BCUT2D eigenvalue weighted by Gasteiger charge is -2.29. The van der Waals surface area contributed by atoms with Gasteiger partial charge in [-0.15, -0.1) is 0 Å². The van der Waals surface area contributed by atoms with E-state index in [1.807, 2.05) is 0 Å². The van der Waals surface area contributed by atoms with E-state index in [-0.39, 0.29) is 0 Å². The van der Waals surface area contributed by atoms with Gasteiger partial charge in [-0.25, -0.2) is 0 Å². The Bertz CT molecular complexity index is 244. The molecule has 1 unspecified atom stereocenters. The Hall–Kier alpha value is -0.238. The summed E-state index contributed by atoms with van der Waals surface area (Å²) in [5, 5.41) is 0. The zero-order chi connectivity index (χ0) is 10.8. The van der Waals surface area contributed by atoms with Crippen molar-refractivity contribution in [2.24, 2.45) is 0 Å². The summed E-state index contributed by atoms with van der Waals surface area (Å²) in [6.45, 7) is 12.9. The molecule has 0 aromatic carbocycles. The monoisotopic (exact) mass is 206 g/mol. The molecule has 1 rings (SSSR count). The van der Waals surface area contributed by atoms with E-state index in [0.717, 1.165) is 12.3 Å². The van der Waals surface area contributed by atoms with Gasteiger partial charge in [-0.3, -0.25) is 0 Å². The summed E-state index contributed by atoms with van der Waals surface area (Å²) >= 11 is 0. The molecule has 0 heterocycles. The minimum absolute atomic E-state index is 0.799. The first-order valence-electron chi connectivity index (χ1n) is 5.89. The van der Waals surface area contributed by atoms with E-state index in [2.05, 4.69) is 51.7 Å². The van der Waals surface area contributed by atoms with Gasteiger partial charge in [-0.1, -0.05) is 69.8 Å². The van der Waals surface area contributed by atoms with Gasteiger partial charge in [0.25, 0.3) is 0 Å². The summed E-state index contributed by atoms with van der Waals surface area (Å²) in [5.74, 6) is 0. The molecule has 2 heteroatoms. The van der Waals surface area contributed by atoms with Crippen molar-refractivity contribution < 1.29 is 0 Å². The second kappa shape index (κ2) is 4.52. The van der Waals surface area contributed by atoms with Crippen LogP contribution in [0.4, 0.5) is 0 Å². The average Bonchev–Trinajstić information content (AvgIpc) is 2.54. The predicted octanol–water partition coefficient (Wildman–Crippen LogP) is 4.26. The lowest BCUT2D eigenvalue weighted by atomic mass is 9.40. The molecule has 1 atom stereocenters. The number of rotatable bonds is 4.